The van der Waals surface area contributed by atoms with Gasteiger partial charge in [0.1, 0.15) is 0 Å². The molecule has 3 nitrogen and oxygen atoms in total. The smallest absolute Gasteiger partial charge is 0.335 e. The molecular formula is C13H18Br2O3S. The molecule has 0 aromatic carbocycles. The Labute approximate surface area is 135 Å². The highest BCUT2D eigenvalue weighted by Gasteiger charge is 2.32. The predicted octanol–water partition coefficient (Wildman–Crippen LogP) is 3.83. The fourth-order valence-corrected chi connectivity index (χ4v) is 3.62. The minimum Gasteiger partial charge on any atom is -0.478 e. The molecule has 1 aliphatic carbocycles. The van der Waals surface area contributed by atoms with Crippen molar-refractivity contribution < 1.29 is 14.6 Å². The van der Waals surface area contributed by atoms with Crippen LogP contribution in [-0.2, 0) is 9.53 Å². The van der Waals surface area contributed by atoms with Gasteiger partial charge in [-0.25, -0.2) is 4.79 Å². The average molecular weight is 414 g/mol. The fraction of sp³-hybridized carbons (Fsp3) is 0.615. The first-order chi connectivity index (χ1) is 9.08. The average Bonchev–Trinajstić information content (AvgIpc) is 2.42. The van der Waals surface area contributed by atoms with E-state index in [1.165, 1.54) is 0 Å². The van der Waals surface area contributed by atoms with E-state index in [1.54, 1.807) is 17.8 Å². The highest BCUT2D eigenvalue weighted by atomic mass is 79.9. The van der Waals surface area contributed by atoms with Crippen LogP contribution in [0.3, 0.4) is 0 Å². The number of carbonyl (C=O) groups is 1. The van der Waals surface area contributed by atoms with Crippen LogP contribution in [0.15, 0.2) is 23.3 Å². The Morgan fingerprint density at radius 1 is 1.58 bits per heavy atom. The summed E-state index contributed by atoms with van der Waals surface area (Å²) in [5.74, 6) is -0.112. The minimum atomic E-state index is -0.846. The van der Waals surface area contributed by atoms with Gasteiger partial charge in [0.2, 0.25) is 0 Å². The van der Waals surface area contributed by atoms with E-state index in [0.29, 0.717) is 18.8 Å². The van der Waals surface area contributed by atoms with Gasteiger partial charge in [-0.1, -0.05) is 44.0 Å². The zero-order chi connectivity index (χ0) is 14.3. The Morgan fingerprint density at radius 3 is 2.84 bits per heavy atom. The first kappa shape index (κ1) is 17.3. The molecule has 1 atom stereocenters. The van der Waals surface area contributed by atoms with E-state index in [1.807, 2.05) is 13.0 Å². The monoisotopic (exact) mass is 412 g/mol. The van der Waals surface area contributed by atoms with Gasteiger partial charge in [-0.15, -0.1) is 11.8 Å². The molecular weight excluding hydrogens is 396 g/mol. The molecule has 1 N–H and O–H groups in total. The van der Waals surface area contributed by atoms with Crippen LogP contribution < -0.4 is 0 Å². The molecule has 0 aromatic rings. The lowest BCUT2D eigenvalue weighted by Crippen LogP contribution is -2.31. The molecule has 6 heteroatoms. The second-order valence-corrected chi connectivity index (χ2v) is 7.27. The summed E-state index contributed by atoms with van der Waals surface area (Å²) in [6.07, 6.45) is 4.44. The second kappa shape index (κ2) is 8.49. The zero-order valence-corrected chi connectivity index (χ0v) is 14.8. The second-order valence-electron chi connectivity index (χ2n) is 4.42. The van der Waals surface area contributed by atoms with Gasteiger partial charge in [0, 0.05) is 27.8 Å². The summed E-state index contributed by atoms with van der Waals surface area (Å²) in [7, 11) is 0. The number of aliphatic carboxylic acids is 1. The standard InChI is InChI=1S/C13H18Br2O3S/c1-2-18-8-13(7-14)4-3-11(12(16)17)10(5-13)6-19-9-15/h3-4H,2,5-9H2,1H3,(H,16,17). The van der Waals surface area contributed by atoms with Crippen LogP contribution in [0, 0.1) is 5.41 Å². The highest BCUT2D eigenvalue weighted by molar-refractivity contribution is 9.11. The van der Waals surface area contributed by atoms with Crippen molar-refractivity contribution >= 4 is 49.6 Å². The highest BCUT2D eigenvalue weighted by Crippen LogP contribution is 2.38. The summed E-state index contributed by atoms with van der Waals surface area (Å²) in [6.45, 7) is 3.25. The molecule has 0 saturated heterocycles. The van der Waals surface area contributed by atoms with E-state index in [0.717, 1.165) is 27.7 Å². The summed E-state index contributed by atoms with van der Waals surface area (Å²) in [5.41, 5.74) is 1.29. The number of rotatable bonds is 8. The van der Waals surface area contributed by atoms with E-state index in [-0.39, 0.29) is 5.41 Å². The van der Waals surface area contributed by atoms with E-state index in [2.05, 4.69) is 31.9 Å². The SMILES string of the molecule is CCOCC1(CBr)C=CC(C(=O)O)=C(CSCBr)C1. The summed E-state index contributed by atoms with van der Waals surface area (Å²) >= 11 is 8.57. The maximum atomic E-state index is 11.3. The molecule has 0 aromatic heterocycles. The van der Waals surface area contributed by atoms with E-state index in [4.69, 9.17) is 4.74 Å². The van der Waals surface area contributed by atoms with Crippen LogP contribution >= 0.6 is 43.6 Å². The molecule has 0 bridgehead atoms. The Morgan fingerprint density at radius 2 is 2.32 bits per heavy atom. The van der Waals surface area contributed by atoms with Gasteiger partial charge < -0.3 is 9.84 Å². The quantitative estimate of drug-likeness (QED) is 0.614. The number of halogens is 2. The first-order valence-corrected chi connectivity index (χ1v) is 9.40. The van der Waals surface area contributed by atoms with Crippen molar-refractivity contribution in [3.63, 3.8) is 0 Å². The lowest BCUT2D eigenvalue weighted by molar-refractivity contribution is -0.132. The van der Waals surface area contributed by atoms with Gasteiger partial charge in [0.05, 0.1) is 12.2 Å². The zero-order valence-electron chi connectivity index (χ0n) is 10.8. The third-order valence-corrected chi connectivity index (χ3v) is 5.79. The molecule has 1 rings (SSSR count). The third kappa shape index (κ3) is 4.92. The summed E-state index contributed by atoms with van der Waals surface area (Å²) in [6, 6.07) is 0. The van der Waals surface area contributed by atoms with Gasteiger partial charge in [0.25, 0.3) is 0 Å². The molecule has 1 aliphatic rings. The normalized spacial score (nSPS) is 22.9. The van der Waals surface area contributed by atoms with Crippen LogP contribution in [0.25, 0.3) is 0 Å². The molecule has 1 unspecified atom stereocenters. The van der Waals surface area contributed by atoms with Gasteiger partial charge in [-0.3, -0.25) is 0 Å². The van der Waals surface area contributed by atoms with Crippen LogP contribution in [0.2, 0.25) is 0 Å². The maximum Gasteiger partial charge on any atom is 0.335 e. The number of hydrogen-bond donors (Lipinski definition) is 1. The van der Waals surface area contributed by atoms with Crippen LogP contribution in [0.4, 0.5) is 0 Å². The molecule has 0 spiro atoms. The summed E-state index contributed by atoms with van der Waals surface area (Å²) < 4.78 is 6.35. The van der Waals surface area contributed by atoms with E-state index >= 15 is 0 Å². The summed E-state index contributed by atoms with van der Waals surface area (Å²) in [5, 5.41) is 10.0. The molecule has 108 valence electrons. The minimum absolute atomic E-state index is 0.128. The molecule has 0 radical (unpaired) electrons. The predicted molar refractivity (Wildman–Crippen MR) is 87.4 cm³/mol. The molecule has 0 aliphatic heterocycles. The van der Waals surface area contributed by atoms with E-state index in [9.17, 15) is 9.90 Å². The number of hydrogen-bond acceptors (Lipinski definition) is 3. The van der Waals surface area contributed by atoms with Crippen molar-refractivity contribution in [2.24, 2.45) is 5.41 Å². The lowest BCUT2D eigenvalue weighted by atomic mass is 9.78. The molecule has 0 saturated carbocycles. The largest absolute Gasteiger partial charge is 0.478 e. The Hall–Kier alpha value is 0.220. The summed E-state index contributed by atoms with van der Waals surface area (Å²) in [4.78, 5) is 11.3. The van der Waals surface area contributed by atoms with Crippen molar-refractivity contribution in [3.05, 3.63) is 23.3 Å². The number of carboxylic acids is 1. The molecule has 0 fully saturated rings. The van der Waals surface area contributed by atoms with E-state index < -0.39 is 5.97 Å². The van der Waals surface area contributed by atoms with Crippen molar-refractivity contribution in [2.45, 2.75) is 13.3 Å². The number of ether oxygens (including phenoxy) is 1. The third-order valence-electron chi connectivity index (χ3n) is 2.99. The lowest BCUT2D eigenvalue weighted by Gasteiger charge is -2.33. The van der Waals surface area contributed by atoms with Crippen LogP contribution in [0.5, 0.6) is 0 Å². The van der Waals surface area contributed by atoms with Crippen LogP contribution in [-0.4, -0.2) is 40.0 Å². The molecule has 19 heavy (non-hydrogen) atoms. The Balaban J connectivity index is 2.91. The Bertz CT molecular complexity index is 382. The van der Waals surface area contributed by atoms with Gasteiger partial charge in [0.15, 0.2) is 0 Å². The Kier molecular flexibility index (Phi) is 7.72. The van der Waals surface area contributed by atoms with Gasteiger partial charge in [-0.05, 0) is 18.9 Å². The van der Waals surface area contributed by atoms with Crippen LogP contribution in [0.1, 0.15) is 13.3 Å². The number of carboxylic acid groups (broad SMARTS) is 1. The van der Waals surface area contributed by atoms with Crippen molar-refractivity contribution in [3.8, 4) is 0 Å². The fourth-order valence-electron chi connectivity index (χ4n) is 2.00. The van der Waals surface area contributed by atoms with Crippen molar-refractivity contribution in [1.29, 1.82) is 0 Å². The molecule has 0 heterocycles. The van der Waals surface area contributed by atoms with Gasteiger partial charge in [-0.2, -0.15) is 0 Å². The first-order valence-electron chi connectivity index (χ1n) is 6.00. The topological polar surface area (TPSA) is 46.5 Å². The van der Waals surface area contributed by atoms with Gasteiger partial charge >= 0.3 is 5.97 Å². The number of alkyl halides is 2. The maximum absolute atomic E-state index is 11.3. The van der Waals surface area contributed by atoms with Crippen molar-refractivity contribution in [2.75, 3.05) is 29.0 Å². The van der Waals surface area contributed by atoms with Crippen molar-refractivity contribution in [1.82, 2.24) is 0 Å². The number of thioether (sulfide) groups is 1. The molecule has 0 amide bonds.